The summed E-state index contributed by atoms with van der Waals surface area (Å²) in [6.45, 7) is 9.42. The first-order chi connectivity index (χ1) is 9.24. The molecule has 1 rings (SSSR count). The molecule has 0 fully saturated rings. The lowest BCUT2D eigenvalue weighted by atomic mass is 9.71. The Labute approximate surface area is 119 Å². The molecule has 0 bridgehead atoms. The van der Waals surface area contributed by atoms with Crippen molar-refractivity contribution in [3.8, 4) is 0 Å². The minimum atomic E-state index is -0.707. The van der Waals surface area contributed by atoms with E-state index in [0.29, 0.717) is 0 Å². The Morgan fingerprint density at radius 3 is 1.65 bits per heavy atom. The molecule has 0 atom stereocenters. The van der Waals surface area contributed by atoms with Crippen LogP contribution in [0.15, 0.2) is 34.5 Å². The van der Waals surface area contributed by atoms with Gasteiger partial charge in [-0.1, -0.05) is 67.8 Å². The fourth-order valence-corrected chi connectivity index (χ4v) is 2.79. The molecule has 0 N–H and O–H groups in total. The number of azide groups is 2. The molecule has 0 aromatic heterocycles. The molecule has 6 heteroatoms. The molecule has 0 saturated heterocycles. The van der Waals surface area contributed by atoms with Gasteiger partial charge >= 0.3 is 0 Å². The van der Waals surface area contributed by atoms with Gasteiger partial charge in [-0.2, -0.15) is 0 Å². The van der Waals surface area contributed by atoms with Crippen LogP contribution in [0.25, 0.3) is 20.9 Å². The minimum absolute atomic E-state index is 0.220. The number of nitrogens with zero attached hydrogens (tertiary/aromatic N) is 6. The van der Waals surface area contributed by atoms with Crippen molar-refractivity contribution in [2.75, 3.05) is 0 Å². The van der Waals surface area contributed by atoms with Crippen LogP contribution < -0.4 is 0 Å². The summed E-state index contributed by atoms with van der Waals surface area (Å²) < 4.78 is 0. The van der Waals surface area contributed by atoms with E-state index >= 15 is 0 Å². The van der Waals surface area contributed by atoms with Crippen LogP contribution >= 0.6 is 0 Å². The van der Waals surface area contributed by atoms with E-state index in [-0.39, 0.29) is 5.92 Å². The normalized spacial score (nSPS) is 13.1. The summed E-state index contributed by atoms with van der Waals surface area (Å²) in [6.07, 6.45) is 0. The molecule has 1 aromatic rings. The summed E-state index contributed by atoms with van der Waals surface area (Å²) >= 11 is 0. The summed E-state index contributed by atoms with van der Waals surface area (Å²) in [5.74, 6) is -0.220. The lowest BCUT2D eigenvalue weighted by Crippen LogP contribution is -2.40. The summed E-state index contributed by atoms with van der Waals surface area (Å²) in [4.78, 5) is 5.87. The van der Waals surface area contributed by atoms with Crippen LogP contribution in [0.5, 0.6) is 0 Å². The molecule has 0 spiro atoms. The molecule has 0 aliphatic rings. The van der Waals surface area contributed by atoms with Gasteiger partial charge in [-0.25, -0.2) is 0 Å². The van der Waals surface area contributed by atoms with E-state index in [1.165, 1.54) is 0 Å². The molecule has 0 radical (unpaired) electrons. The van der Waals surface area contributed by atoms with Crippen molar-refractivity contribution in [1.29, 1.82) is 0 Å². The molecule has 0 heterocycles. The average Bonchev–Trinajstić information content (AvgIpc) is 2.31. The molecule has 0 aliphatic carbocycles. The zero-order valence-corrected chi connectivity index (χ0v) is 12.6. The Balaban J connectivity index is 3.45. The van der Waals surface area contributed by atoms with Crippen molar-refractivity contribution in [2.45, 2.75) is 51.6 Å². The first-order valence-electron chi connectivity index (χ1n) is 6.43. The van der Waals surface area contributed by atoms with Gasteiger partial charge < -0.3 is 0 Å². The van der Waals surface area contributed by atoms with Crippen molar-refractivity contribution in [2.24, 2.45) is 10.2 Å². The van der Waals surface area contributed by atoms with Crippen LogP contribution in [0.1, 0.15) is 44.7 Å². The van der Waals surface area contributed by atoms with E-state index in [1.807, 2.05) is 58.9 Å². The first-order valence-corrected chi connectivity index (χ1v) is 6.43. The number of hydrogen-bond donors (Lipinski definition) is 0. The lowest BCUT2D eigenvalue weighted by molar-refractivity contribution is 0.288. The van der Waals surface area contributed by atoms with Crippen molar-refractivity contribution < 1.29 is 0 Å². The smallest absolute Gasteiger partial charge is 0.0506 e. The van der Waals surface area contributed by atoms with E-state index in [1.54, 1.807) is 0 Å². The maximum Gasteiger partial charge on any atom is 0.0506 e. The maximum absolute atomic E-state index is 8.79. The third-order valence-corrected chi connectivity index (χ3v) is 3.43. The Morgan fingerprint density at radius 2 is 1.30 bits per heavy atom. The third kappa shape index (κ3) is 3.44. The largest absolute Gasteiger partial charge is 0.0872 e. The lowest BCUT2D eigenvalue weighted by Gasteiger charge is -2.39. The third-order valence-electron chi connectivity index (χ3n) is 3.43. The highest BCUT2D eigenvalue weighted by molar-refractivity contribution is 5.30. The van der Waals surface area contributed by atoms with Gasteiger partial charge in [0.15, 0.2) is 0 Å². The molecule has 106 valence electrons. The van der Waals surface area contributed by atoms with Crippen LogP contribution in [-0.2, 0) is 0 Å². The number of aryl methyl sites for hydroxylation is 1. The predicted molar refractivity (Wildman–Crippen MR) is 80.4 cm³/mol. The van der Waals surface area contributed by atoms with Crippen LogP contribution in [0, 0.1) is 6.92 Å². The van der Waals surface area contributed by atoms with E-state index in [4.69, 9.17) is 11.1 Å². The molecule has 1 aromatic carbocycles. The Kier molecular flexibility index (Phi) is 4.66. The summed E-state index contributed by atoms with van der Waals surface area (Å²) in [7, 11) is 0. The quantitative estimate of drug-likeness (QED) is 0.397. The standard InChI is InChI=1S/C14H20N6/c1-10-6-8-11(9-7-10)12(13(2,3)17-19-15)14(4,5)18-20-16/h6-9,12H,1-5H3. The van der Waals surface area contributed by atoms with Crippen molar-refractivity contribution in [3.63, 3.8) is 0 Å². The van der Waals surface area contributed by atoms with Gasteiger partial charge in [0, 0.05) is 15.7 Å². The molecule has 0 saturated carbocycles. The second kappa shape index (κ2) is 5.87. The molecule has 0 amide bonds. The predicted octanol–water partition coefficient (Wildman–Crippen LogP) is 5.26. The van der Waals surface area contributed by atoms with Gasteiger partial charge in [-0.05, 0) is 23.5 Å². The SMILES string of the molecule is Cc1ccc(C(C(C)(C)N=[N+]=[N-])C(C)(C)N=[N+]=[N-])cc1. The van der Waals surface area contributed by atoms with E-state index in [2.05, 4.69) is 20.1 Å². The summed E-state index contributed by atoms with van der Waals surface area (Å²) in [5, 5.41) is 7.80. The van der Waals surface area contributed by atoms with Crippen LogP contribution in [0.2, 0.25) is 0 Å². The highest BCUT2D eigenvalue weighted by atomic mass is 15.2. The van der Waals surface area contributed by atoms with Crippen LogP contribution in [-0.4, -0.2) is 11.1 Å². The minimum Gasteiger partial charge on any atom is -0.0872 e. The van der Waals surface area contributed by atoms with Crippen LogP contribution in [0.3, 0.4) is 0 Å². The zero-order valence-electron chi connectivity index (χ0n) is 12.6. The highest BCUT2D eigenvalue weighted by Crippen LogP contribution is 2.42. The van der Waals surface area contributed by atoms with Gasteiger partial charge in [0.25, 0.3) is 0 Å². The molecule has 0 aliphatic heterocycles. The monoisotopic (exact) mass is 272 g/mol. The first kappa shape index (κ1) is 15.9. The Bertz CT molecular complexity index is 530. The van der Waals surface area contributed by atoms with E-state index in [9.17, 15) is 0 Å². The van der Waals surface area contributed by atoms with Gasteiger partial charge in [0.05, 0.1) is 11.1 Å². The Hall–Kier alpha value is -2.16. The Morgan fingerprint density at radius 1 is 0.900 bits per heavy atom. The van der Waals surface area contributed by atoms with Crippen molar-refractivity contribution in [3.05, 3.63) is 56.3 Å². The van der Waals surface area contributed by atoms with Crippen molar-refractivity contribution >= 4 is 0 Å². The zero-order chi connectivity index (χ0) is 15.4. The fourth-order valence-electron chi connectivity index (χ4n) is 2.79. The highest BCUT2D eigenvalue weighted by Gasteiger charge is 2.41. The molecule has 20 heavy (non-hydrogen) atoms. The summed E-state index contributed by atoms with van der Waals surface area (Å²) in [6, 6.07) is 7.98. The van der Waals surface area contributed by atoms with Crippen LogP contribution in [0.4, 0.5) is 0 Å². The molecular weight excluding hydrogens is 252 g/mol. The average molecular weight is 272 g/mol. The fraction of sp³-hybridized carbons (Fsp3) is 0.571. The van der Waals surface area contributed by atoms with E-state index < -0.39 is 11.1 Å². The van der Waals surface area contributed by atoms with Crippen molar-refractivity contribution in [1.82, 2.24) is 0 Å². The second-order valence-corrected chi connectivity index (χ2v) is 6.03. The maximum atomic E-state index is 8.79. The number of hydrogen-bond acceptors (Lipinski definition) is 2. The van der Waals surface area contributed by atoms with E-state index in [0.717, 1.165) is 11.1 Å². The van der Waals surface area contributed by atoms with Gasteiger partial charge in [-0.15, -0.1) is 0 Å². The van der Waals surface area contributed by atoms with Gasteiger partial charge in [-0.3, -0.25) is 0 Å². The van der Waals surface area contributed by atoms with Gasteiger partial charge in [0.1, 0.15) is 0 Å². The molecule has 6 nitrogen and oxygen atoms in total. The second-order valence-electron chi connectivity index (χ2n) is 6.03. The number of benzene rings is 1. The van der Waals surface area contributed by atoms with Gasteiger partial charge in [0.2, 0.25) is 0 Å². The molecular formula is C14H20N6. The number of rotatable bonds is 5. The topological polar surface area (TPSA) is 97.5 Å². The summed E-state index contributed by atoms with van der Waals surface area (Å²) in [5.41, 5.74) is 18.3. The molecule has 0 unspecified atom stereocenters.